The Morgan fingerprint density at radius 2 is 1.95 bits per heavy atom. The average molecular weight is 317 g/mol. The molecular formula is C14H14Cl2O2S. The monoisotopic (exact) mass is 316 g/mol. The van der Waals surface area contributed by atoms with E-state index in [2.05, 4.69) is 0 Å². The number of methoxy groups -OCH3 is 1. The van der Waals surface area contributed by atoms with Crippen molar-refractivity contribution in [3.8, 4) is 5.75 Å². The van der Waals surface area contributed by atoms with Gasteiger partial charge in [0, 0.05) is 5.56 Å². The molecule has 2 aromatic rings. The van der Waals surface area contributed by atoms with Gasteiger partial charge in [0.05, 0.1) is 17.6 Å². The SMILES string of the molecule is COc1ccc(CCC(O)c2cc(Cl)sc2Cl)cc1. The molecule has 1 heterocycles. The van der Waals surface area contributed by atoms with E-state index in [9.17, 15) is 5.11 Å². The third-order valence-electron chi connectivity index (χ3n) is 2.91. The molecule has 0 saturated heterocycles. The van der Waals surface area contributed by atoms with Crippen LogP contribution in [0.4, 0.5) is 0 Å². The number of benzene rings is 1. The van der Waals surface area contributed by atoms with E-state index in [1.54, 1.807) is 13.2 Å². The summed E-state index contributed by atoms with van der Waals surface area (Å²) in [7, 11) is 1.64. The molecule has 0 aliphatic heterocycles. The van der Waals surface area contributed by atoms with E-state index in [4.69, 9.17) is 27.9 Å². The van der Waals surface area contributed by atoms with Crippen LogP contribution < -0.4 is 4.74 Å². The summed E-state index contributed by atoms with van der Waals surface area (Å²) in [5.41, 5.74) is 1.86. The smallest absolute Gasteiger partial charge is 0.118 e. The van der Waals surface area contributed by atoms with Gasteiger partial charge in [-0.1, -0.05) is 35.3 Å². The summed E-state index contributed by atoms with van der Waals surface area (Å²) in [5, 5.41) is 10.1. The first kappa shape index (κ1) is 14.7. The normalized spacial score (nSPS) is 12.4. The van der Waals surface area contributed by atoms with Gasteiger partial charge in [0.25, 0.3) is 0 Å². The third-order valence-corrected chi connectivity index (χ3v) is 4.43. The molecular weight excluding hydrogens is 303 g/mol. The standard InChI is InChI=1S/C14H14Cl2O2S/c1-18-10-5-2-9(3-6-10)4-7-12(17)11-8-13(15)19-14(11)16/h2-3,5-6,8,12,17H,4,7H2,1H3. The lowest BCUT2D eigenvalue weighted by Gasteiger charge is -2.10. The molecule has 0 fully saturated rings. The highest BCUT2D eigenvalue weighted by atomic mass is 35.5. The molecule has 1 aromatic carbocycles. The molecule has 1 unspecified atom stereocenters. The fourth-order valence-corrected chi connectivity index (χ4v) is 3.40. The summed E-state index contributed by atoms with van der Waals surface area (Å²) in [6, 6.07) is 9.54. The topological polar surface area (TPSA) is 29.5 Å². The van der Waals surface area contributed by atoms with Crippen LogP contribution in [0, 0.1) is 0 Å². The van der Waals surface area contributed by atoms with Crippen molar-refractivity contribution >= 4 is 34.5 Å². The predicted molar refractivity (Wildman–Crippen MR) is 80.6 cm³/mol. The molecule has 0 saturated carbocycles. The Morgan fingerprint density at radius 3 is 2.47 bits per heavy atom. The van der Waals surface area contributed by atoms with Crippen LogP contribution in [0.2, 0.25) is 8.67 Å². The fraction of sp³-hybridized carbons (Fsp3) is 0.286. The Hall–Kier alpha value is -0.740. The van der Waals surface area contributed by atoms with Gasteiger partial charge in [-0.2, -0.15) is 0 Å². The second-order valence-corrected chi connectivity index (χ2v) is 6.47. The van der Waals surface area contributed by atoms with E-state index in [1.165, 1.54) is 11.3 Å². The van der Waals surface area contributed by atoms with Crippen molar-refractivity contribution in [1.82, 2.24) is 0 Å². The van der Waals surface area contributed by atoms with Crippen molar-refractivity contribution in [1.29, 1.82) is 0 Å². The number of aryl methyl sites for hydroxylation is 1. The number of thiophene rings is 1. The molecule has 0 aliphatic rings. The van der Waals surface area contributed by atoms with Gasteiger partial charge in [0.2, 0.25) is 0 Å². The molecule has 2 rings (SSSR count). The number of rotatable bonds is 5. The molecule has 0 amide bonds. The Bertz CT molecular complexity index is 537. The number of hydrogen-bond donors (Lipinski definition) is 1. The van der Waals surface area contributed by atoms with Gasteiger partial charge in [0.1, 0.15) is 10.1 Å². The third kappa shape index (κ3) is 3.86. The van der Waals surface area contributed by atoms with Crippen molar-refractivity contribution in [2.24, 2.45) is 0 Å². The second kappa shape index (κ2) is 6.62. The minimum absolute atomic E-state index is 0.562. The van der Waals surface area contributed by atoms with Crippen LogP contribution in [0.3, 0.4) is 0 Å². The molecule has 19 heavy (non-hydrogen) atoms. The van der Waals surface area contributed by atoms with Crippen LogP contribution in [0.5, 0.6) is 5.75 Å². The summed E-state index contributed by atoms with van der Waals surface area (Å²) >= 11 is 13.2. The Labute approximate surface area is 126 Å². The summed E-state index contributed by atoms with van der Waals surface area (Å²) in [4.78, 5) is 0. The van der Waals surface area contributed by atoms with Crippen LogP contribution in [-0.2, 0) is 6.42 Å². The Balaban J connectivity index is 1.96. The number of aliphatic hydroxyl groups is 1. The van der Waals surface area contributed by atoms with E-state index >= 15 is 0 Å². The van der Waals surface area contributed by atoms with Gasteiger partial charge in [-0.05, 0) is 36.6 Å². The highest BCUT2D eigenvalue weighted by molar-refractivity contribution is 7.20. The summed E-state index contributed by atoms with van der Waals surface area (Å²) in [6.07, 6.45) is 0.798. The van der Waals surface area contributed by atoms with Crippen molar-refractivity contribution in [2.45, 2.75) is 18.9 Å². The van der Waals surface area contributed by atoms with Crippen molar-refractivity contribution in [2.75, 3.05) is 7.11 Å². The van der Waals surface area contributed by atoms with E-state index < -0.39 is 6.10 Å². The van der Waals surface area contributed by atoms with Crippen molar-refractivity contribution < 1.29 is 9.84 Å². The lowest BCUT2D eigenvalue weighted by Crippen LogP contribution is -1.99. The van der Waals surface area contributed by atoms with Crippen LogP contribution in [0.1, 0.15) is 23.7 Å². The Morgan fingerprint density at radius 1 is 1.26 bits per heavy atom. The predicted octanol–water partition coefficient (Wildman–Crippen LogP) is 4.73. The zero-order valence-corrected chi connectivity index (χ0v) is 12.7. The zero-order chi connectivity index (χ0) is 13.8. The second-order valence-electron chi connectivity index (χ2n) is 4.18. The maximum absolute atomic E-state index is 10.1. The van der Waals surface area contributed by atoms with Gasteiger partial charge in [-0.25, -0.2) is 0 Å². The molecule has 1 N–H and O–H groups in total. The Kier molecular flexibility index (Phi) is 5.11. The van der Waals surface area contributed by atoms with E-state index in [-0.39, 0.29) is 0 Å². The van der Waals surface area contributed by atoms with Crippen LogP contribution in [-0.4, -0.2) is 12.2 Å². The van der Waals surface area contributed by atoms with Gasteiger partial charge in [-0.3, -0.25) is 0 Å². The summed E-state index contributed by atoms with van der Waals surface area (Å²) < 4.78 is 6.27. The average Bonchev–Trinajstić information content (AvgIpc) is 2.75. The lowest BCUT2D eigenvalue weighted by molar-refractivity contribution is 0.168. The van der Waals surface area contributed by atoms with E-state index in [0.29, 0.717) is 20.7 Å². The highest BCUT2D eigenvalue weighted by Gasteiger charge is 2.15. The quantitative estimate of drug-likeness (QED) is 0.864. The first-order valence-corrected chi connectivity index (χ1v) is 7.43. The molecule has 0 spiro atoms. The van der Waals surface area contributed by atoms with Crippen molar-refractivity contribution in [3.05, 3.63) is 50.1 Å². The van der Waals surface area contributed by atoms with Crippen LogP contribution in [0.25, 0.3) is 0 Å². The highest BCUT2D eigenvalue weighted by Crippen LogP contribution is 2.36. The molecule has 0 radical (unpaired) electrons. The molecule has 102 valence electrons. The van der Waals surface area contributed by atoms with Gasteiger partial charge in [0.15, 0.2) is 0 Å². The molecule has 1 atom stereocenters. The van der Waals surface area contributed by atoms with Gasteiger partial charge in [-0.15, -0.1) is 11.3 Å². The maximum Gasteiger partial charge on any atom is 0.118 e. The molecule has 0 aliphatic carbocycles. The molecule has 5 heteroatoms. The first-order chi connectivity index (χ1) is 9.10. The molecule has 0 bridgehead atoms. The minimum atomic E-state index is -0.585. The largest absolute Gasteiger partial charge is 0.497 e. The number of ether oxygens (including phenoxy) is 1. The molecule has 1 aromatic heterocycles. The van der Waals surface area contributed by atoms with Gasteiger partial charge >= 0.3 is 0 Å². The maximum atomic E-state index is 10.1. The summed E-state index contributed by atoms with van der Waals surface area (Å²) in [6.45, 7) is 0. The number of hydrogen-bond acceptors (Lipinski definition) is 3. The van der Waals surface area contributed by atoms with E-state index in [1.807, 2.05) is 24.3 Å². The lowest BCUT2D eigenvalue weighted by atomic mass is 10.0. The fourth-order valence-electron chi connectivity index (χ4n) is 1.83. The molecule has 2 nitrogen and oxygen atoms in total. The van der Waals surface area contributed by atoms with Crippen LogP contribution >= 0.6 is 34.5 Å². The summed E-state index contributed by atoms with van der Waals surface area (Å²) in [5.74, 6) is 0.831. The first-order valence-electron chi connectivity index (χ1n) is 5.86. The number of halogens is 2. The van der Waals surface area contributed by atoms with E-state index in [0.717, 1.165) is 17.7 Å². The van der Waals surface area contributed by atoms with Gasteiger partial charge < -0.3 is 9.84 Å². The minimum Gasteiger partial charge on any atom is -0.497 e. The zero-order valence-electron chi connectivity index (χ0n) is 10.4. The number of aliphatic hydroxyl groups excluding tert-OH is 1. The van der Waals surface area contributed by atoms with Crippen LogP contribution in [0.15, 0.2) is 30.3 Å². The van der Waals surface area contributed by atoms with Crippen molar-refractivity contribution in [3.63, 3.8) is 0 Å².